The summed E-state index contributed by atoms with van der Waals surface area (Å²) >= 11 is 0. The average Bonchev–Trinajstić information content (AvgIpc) is 3.04. The lowest BCUT2D eigenvalue weighted by molar-refractivity contribution is -0.121. The van der Waals surface area contributed by atoms with E-state index in [1.165, 1.54) is 4.90 Å². The van der Waals surface area contributed by atoms with Gasteiger partial charge in [-0.15, -0.1) is 0 Å². The van der Waals surface area contributed by atoms with Gasteiger partial charge in [0, 0.05) is 13.1 Å². The standard InChI is InChI=1S/C25H28N2O4/c1-17(2)16-31-21-10-8-20(9-11-21)27-24(28)22(19-6-4-18(3)5-7-19)23(25(27)29)26-12-14-30-15-13-26/h4-11,17H,12-16H2,1-3H3. The Morgan fingerprint density at radius 3 is 2.19 bits per heavy atom. The molecule has 31 heavy (non-hydrogen) atoms. The zero-order chi connectivity index (χ0) is 22.0. The van der Waals surface area contributed by atoms with Crippen LogP contribution in [0.25, 0.3) is 5.57 Å². The van der Waals surface area contributed by atoms with E-state index in [1.807, 2.05) is 36.1 Å². The van der Waals surface area contributed by atoms with Crippen molar-refractivity contribution in [3.63, 3.8) is 0 Å². The number of nitrogens with zero attached hydrogens (tertiary/aromatic N) is 2. The highest BCUT2D eigenvalue weighted by Crippen LogP contribution is 2.35. The number of anilines is 1. The molecule has 2 heterocycles. The summed E-state index contributed by atoms with van der Waals surface area (Å²) in [6.45, 7) is 9.02. The number of hydrogen-bond acceptors (Lipinski definition) is 5. The van der Waals surface area contributed by atoms with Crippen LogP contribution in [0.3, 0.4) is 0 Å². The van der Waals surface area contributed by atoms with Crippen LogP contribution in [0.4, 0.5) is 5.69 Å². The molecule has 0 radical (unpaired) electrons. The minimum atomic E-state index is -0.300. The summed E-state index contributed by atoms with van der Waals surface area (Å²) in [5.41, 5.74) is 3.30. The van der Waals surface area contributed by atoms with E-state index in [2.05, 4.69) is 13.8 Å². The third kappa shape index (κ3) is 4.35. The van der Waals surface area contributed by atoms with E-state index in [9.17, 15) is 9.59 Å². The summed E-state index contributed by atoms with van der Waals surface area (Å²) in [4.78, 5) is 30.3. The number of imide groups is 1. The summed E-state index contributed by atoms with van der Waals surface area (Å²) in [6, 6.07) is 14.9. The molecule has 2 aromatic rings. The first-order valence-corrected chi connectivity index (χ1v) is 10.7. The highest BCUT2D eigenvalue weighted by atomic mass is 16.5. The Kier molecular flexibility index (Phi) is 6.09. The number of morpholine rings is 1. The molecule has 2 aliphatic rings. The van der Waals surface area contributed by atoms with Gasteiger partial charge in [0.2, 0.25) is 0 Å². The molecule has 0 atom stereocenters. The molecule has 1 saturated heterocycles. The first-order chi connectivity index (χ1) is 15.0. The second kappa shape index (κ2) is 8.94. The molecule has 162 valence electrons. The molecule has 0 bridgehead atoms. The van der Waals surface area contributed by atoms with E-state index in [4.69, 9.17) is 9.47 Å². The second-order valence-corrected chi connectivity index (χ2v) is 8.33. The van der Waals surface area contributed by atoms with E-state index < -0.39 is 0 Å². The molecule has 0 saturated carbocycles. The molecule has 4 rings (SSSR count). The quantitative estimate of drug-likeness (QED) is 0.668. The molecule has 0 aliphatic carbocycles. The number of rotatable bonds is 6. The third-order valence-corrected chi connectivity index (χ3v) is 5.41. The minimum absolute atomic E-state index is 0.293. The number of benzene rings is 2. The molecule has 2 aromatic carbocycles. The van der Waals surface area contributed by atoms with Gasteiger partial charge < -0.3 is 14.4 Å². The fraction of sp³-hybridized carbons (Fsp3) is 0.360. The molecular weight excluding hydrogens is 392 g/mol. The molecule has 1 fully saturated rings. The molecule has 2 aliphatic heterocycles. The van der Waals surface area contributed by atoms with Gasteiger partial charge in [0.15, 0.2) is 0 Å². The van der Waals surface area contributed by atoms with Crippen molar-refractivity contribution >= 4 is 23.1 Å². The SMILES string of the molecule is Cc1ccc(C2=C(N3CCOCC3)C(=O)N(c3ccc(OCC(C)C)cc3)C2=O)cc1. The molecule has 0 unspecified atom stereocenters. The van der Waals surface area contributed by atoms with Gasteiger partial charge in [-0.25, -0.2) is 4.90 Å². The third-order valence-electron chi connectivity index (χ3n) is 5.41. The molecule has 0 spiro atoms. The summed E-state index contributed by atoms with van der Waals surface area (Å²) in [6.07, 6.45) is 0. The maximum Gasteiger partial charge on any atom is 0.282 e. The van der Waals surface area contributed by atoms with Gasteiger partial charge in [-0.05, 0) is 42.7 Å². The van der Waals surface area contributed by atoms with Crippen molar-refractivity contribution in [2.75, 3.05) is 37.8 Å². The van der Waals surface area contributed by atoms with Crippen molar-refractivity contribution in [3.8, 4) is 5.75 Å². The maximum absolute atomic E-state index is 13.5. The zero-order valence-electron chi connectivity index (χ0n) is 18.3. The first kappa shape index (κ1) is 21.1. The van der Waals surface area contributed by atoms with Crippen LogP contribution in [0.15, 0.2) is 54.2 Å². The van der Waals surface area contributed by atoms with E-state index in [0.717, 1.165) is 16.9 Å². The van der Waals surface area contributed by atoms with Gasteiger partial charge in [-0.2, -0.15) is 0 Å². The van der Waals surface area contributed by atoms with Gasteiger partial charge >= 0.3 is 0 Å². The van der Waals surface area contributed by atoms with Crippen LogP contribution >= 0.6 is 0 Å². The minimum Gasteiger partial charge on any atom is -0.493 e. The summed E-state index contributed by atoms with van der Waals surface area (Å²) in [7, 11) is 0. The van der Waals surface area contributed by atoms with Crippen molar-refractivity contribution < 1.29 is 19.1 Å². The summed E-state index contributed by atoms with van der Waals surface area (Å²) < 4.78 is 11.2. The van der Waals surface area contributed by atoms with Crippen LogP contribution in [0.5, 0.6) is 5.75 Å². The predicted octanol–water partition coefficient (Wildman–Crippen LogP) is 3.65. The molecule has 6 nitrogen and oxygen atoms in total. The number of carbonyl (C=O) groups excluding carboxylic acids is 2. The van der Waals surface area contributed by atoms with Crippen molar-refractivity contribution in [1.29, 1.82) is 0 Å². The Balaban J connectivity index is 1.68. The van der Waals surface area contributed by atoms with E-state index >= 15 is 0 Å². The van der Waals surface area contributed by atoms with Crippen LogP contribution in [0, 0.1) is 12.8 Å². The Morgan fingerprint density at radius 2 is 1.58 bits per heavy atom. The number of amides is 2. The van der Waals surface area contributed by atoms with Gasteiger partial charge in [0.05, 0.1) is 31.1 Å². The molecular formula is C25H28N2O4. The second-order valence-electron chi connectivity index (χ2n) is 8.33. The van der Waals surface area contributed by atoms with Crippen molar-refractivity contribution in [1.82, 2.24) is 4.90 Å². The van der Waals surface area contributed by atoms with Crippen molar-refractivity contribution in [2.24, 2.45) is 5.92 Å². The lowest BCUT2D eigenvalue weighted by Gasteiger charge is -2.29. The van der Waals surface area contributed by atoms with Gasteiger partial charge in [0.25, 0.3) is 11.8 Å². The number of aryl methyl sites for hydroxylation is 1. The van der Waals surface area contributed by atoms with Gasteiger partial charge in [0.1, 0.15) is 11.4 Å². The predicted molar refractivity (Wildman–Crippen MR) is 120 cm³/mol. The lowest BCUT2D eigenvalue weighted by atomic mass is 10.0. The molecule has 6 heteroatoms. The fourth-order valence-corrected chi connectivity index (χ4v) is 3.77. The highest BCUT2D eigenvalue weighted by Gasteiger charge is 2.42. The van der Waals surface area contributed by atoms with Crippen LogP contribution in [-0.2, 0) is 14.3 Å². The smallest absolute Gasteiger partial charge is 0.282 e. The van der Waals surface area contributed by atoms with E-state index in [0.29, 0.717) is 55.8 Å². The number of carbonyl (C=O) groups is 2. The zero-order valence-corrected chi connectivity index (χ0v) is 18.3. The lowest BCUT2D eigenvalue weighted by Crippen LogP contribution is -2.40. The Bertz CT molecular complexity index is 987. The maximum atomic E-state index is 13.5. The topological polar surface area (TPSA) is 59.1 Å². The normalized spacial score (nSPS) is 17.2. The van der Waals surface area contributed by atoms with Crippen LogP contribution in [0.2, 0.25) is 0 Å². The van der Waals surface area contributed by atoms with Crippen molar-refractivity contribution in [2.45, 2.75) is 20.8 Å². The fourth-order valence-electron chi connectivity index (χ4n) is 3.77. The van der Waals surface area contributed by atoms with Gasteiger partial charge in [-0.3, -0.25) is 9.59 Å². The van der Waals surface area contributed by atoms with Crippen LogP contribution in [-0.4, -0.2) is 49.6 Å². The Hall–Kier alpha value is -3.12. The largest absolute Gasteiger partial charge is 0.493 e. The van der Waals surface area contributed by atoms with Crippen LogP contribution in [0.1, 0.15) is 25.0 Å². The van der Waals surface area contributed by atoms with Gasteiger partial charge in [-0.1, -0.05) is 43.7 Å². The van der Waals surface area contributed by atoms with Crippen LogP contribution < -0.4 is 9.64 Å². The average molecular weight is 421 g/mol. The molecule has 0 N–H and O–H groups in total. The monoisotopic (exact) mass is 420 g/mol. The first-order valence-electron chi connectivity index (χ1n) is 10.7. The summed E-state index contributed by atoms with van der Waals surface area (Å²) in [5.74, 6) is 0.542. The summed E-state index contributed by atoms with van der Waals surface area (Å²) in [5, 5.41) is 0. The number of ether oxygens (including phenoxy) is 2. The highest BCUT2D eigenvalue weighted by molar-refractivity contribution is 6.45. The van der Waals surface area contributed by atoms with E-state index in [-0.39, 0.29) is 11.8 Å². The van der Waals surface area contributed by atoms with E-state index in [1.54, 1.807) is 24.3 Å². The number of hydrogen-bond donors (Lipinski definition) is 0. The molecule has 2 amide bonds. The Labute approximate surface area is 183 Å². The Morgan fingerprint density at radius 1 is 0.935 bits per heavy atom. The molecule has 0 aromatic heterocycles. The van der Waals surface area contributed by atoms with Crippen molar-refractivity contribution in [3.05, 3.63) is 65.4 Å².